The van der Waals surface area contributed by atoms with Crippen LogP contribution in [0.15, 0.2) is 36.9 Å². The molecule has 0 spiro atoms. The third-order valence-electron chi connectivity index (χ3n) is 3.53. The molecule has 0 amide bonds. The molecule has 0 aromatic heterocycles. The van der Waals surface area contributed by atoms with Crippen LogP contribution in [0.1, 0.15) is 42.7 Å². The Morgan fingerprint density at radius 2 is 1.75 bits per heavy atom. The van der Waals surface area contributed by atoms with Gasteiger partial charge in [0.15, 0.2) is 0 Å². The first-order valence-corrected chi connectivity index (χ1v) is 6.17. The summed E-state index contributed by atoms with van der Waals surface area (Å²) in [6.07, 6.45) is 6.99. The Balaban J connectivity index is 2.01. The van der Waals surface area contributed by atoms with Crippen LogP contribution in [0.2, 0.25) is 0 Å². The average molecular weight is 216 g/mol. The SMILES string of the molecule is C=CCc1ccc([C@H]2CC[C@H](O)CC2)cc1. The lowest BCUT2D eigenvalue weighted by Gasteiger charge is -2.25. The largest absolute Gasteiger partial charge is 0.393 e. The molecule has 1 nitrogen and oxygen atoms in total. The maximum Gasteiger partial charge on any atom is 0.0540 e. The van der Waals surface area contributed by atoms with E-state index in [4.69, 9.17) is 0 Å². The topological polar surface area (TPSA) is 20.2 Å². The summed E-state index contributed by atoms with van der Waals surface area (Å²) in [4.78, 5) is 0. The van der Waals surface area contributed by atoms with E-state index in [2.05, 4.69) is 30.8 Å². The molecule has 0 heterocycles. The zero-order valence-corrected chi connectivity index (χ0v) is 9.73. The number of aliphatic hydroxyl groups is 1. The summed E-state index contributed by atoms with van der Waals surface area (Å²) in [7, 11) is 0. The van der Waals surface area contributed by atoms with Gasteiger partial charge in [0.2, 0.25) is 0 Å². The summed E-state index contributed by atoms with van der Waals surface area (Å²) < 4.78 is 0. The highest BCUT2D eigenvalue weighted by atomic mass is 16.3. The van der Waals surface area contributed by atoms with Crippen molar-refractivity contribution in [1.29, 1.82) is 0 Å². The Hall–Kier alpha value is -1.08. The summed E-state index contributed by atoms with van der Waals surface area (Å²) in [5.41, 5.74) is 2.76. The minimum atomic E-state index is -0.0590. The molecule has 0 radical (unpaired) electrons. The zero-order valence-electron chi connectivity index (χ0n) is 9.73. The Kier molecular flexibility index (Phi) is 3.79. The Morgan fingerprint density at radius 3 is 2.31 bits per heavy atom. The molecule has 1 aromatic carbocycles. The van der Waals surface area contributed by atoms with E-state index >= 15 is 0 Å². The van der Waals surface area contributed by atoms with Gasteiger partial charge in [-0.15, -0.1) is 6.58 Å². The van der Waals surface area contributed by atoms with Crippen molar-refractivity contribution in [1.82, 2.24) is 0 Å². The summed E-state index contributed by atoms with van der Waals surface area (Å²) >= 11 is 0. The minimum absolute atomic E-state index is 0.0590. The van der Waals surface area contributed by atoms with Crippen molar-refractivity contribution in [3.63, 3.8) is 0 Å². The van der Waals surface area contributed by atoms with Crippen molar-refractivity contribution in [3.05, 3.63) is 48.0 Å². The lowest BCUT2D eigenvalue weighted by atomic mass is 9.82. The van der Waals surface area contributed by atoms with Gasteiger partial charge in [-0.05, 0) is 49.1 Å². The van der Waals surface area contributed by atoms with E-state index in [9.17, 15) is 5.11 Å². The maximum absolute atomic E-state index is 9.48. The maximum atomic E-state index is 9.48. The van der Waals surface area contributed by atoms with E-state index in [-0.39, 0.29) is 6.10 Å². The smallest absolute Gasteiger partial charge is 0.0540 e. The third kappa shape index (κ3) is 2.73. The molecule has 16 heavy (non-hydrogen) atoms. The predicted molar refractivity (Wildman–Crippen MR) is 67.6 cm³/mol. The monoisotopic (exact) mass is 216 g/mol. The Labute approximate surface area is 97.8 Å². The van der Waals surface area contributed by atoms with Crippen molar-refractivity contribution in [2.45, 2.75) is 44.1 Å². The molecule has 1 fully saturated rings. The summed E-state index contributed by atoms with van der Waals surface area (Å²) in [5, 5.41) is 9.48. The van der Waals surface area contributed by atoms with Crippen molar-refractivity contribution >= 4 is 0 Å². The van der Waals surface area contributed by atoms with E-state index in [1.54, 1.807) is 0 Å². The highest BCUT2D eigenvalue weighted by molar-refractivity contribution is 5.26. The van der Waals surface area contributed by atoms with Crippen LogP contribution in [0.5, 0.6) is 0 Å². The molecule has 1 aromatic rings. The van der Waals surface area contributed by atoms with E-state index in [1.165, 1.54) is 11.1 Å². The third-order valence-corrected chi connectivity index (χ3v) is 3.53. The van der Waals surface area contributed by atoms with Gasteiger partial charge >= 0.3 is 0 Å². The van der Waals surface area contributed by atoms with Gasteiger partial charge in [0.05, 0.1) is 6.10 Å². The zero-order chi connectivity index (χ0) is 11.4. The standard InChI is InChI=1S/C15H20O/c1-2-3-12-4-6-13(7-5-12)14-8-10-15(16)11-9-14/h2,4-7,14-16H,1,3,8-11H2/t14-,15-. The second-order valence-corrected chi connectivity index (χ2v) is 4.74. The molecule has 2 rings (SSSR count). The highest BCUT2D eigenvalue weighted by Gasteiger charge is 2.20. The molecule has 0 bridgehead atoms. The van der Waals surface area contributed by atoms with Crippen LogP contribution < -0.4 is 0 Å². The molecule has 1 heteroatoms. The molecule has 1 aliphatic rings. The molecule has 0 atom stereocenters. The van der Waals surface area contributed by atoms with E-state index in [0.29, 0.717) is 5.92 Å². The lowest BCUT2D eigenvalue weighted by Crippen LogP contribution is -2.16. The second-order valence-electron chi connectivity index (χ2n) is 4.74. The van der Waals surface area contributed by atoms with Gasteiger partial charge in [0.25, 0.3) is 0 Å². The van der Waals surface area contributed by atoms with Crippen LogP contribution in [-0.2, 0) is 6.42 Å². The second kappa shape index (κ2) is 5.31. The molecule has 1 N–H and O–H groups in total. The van der Waals surface area contributed by atoms with Crippen LogP contribution >= 0.6 is 0 Å². The van der Waals surface area contributed by atoms with Gasteiger partial charge in [-0.3, -0.25) is 0 Å². The summed E-state index contributed by atoms with van der Waals surface area (Å²) in [5.74, 6) is 0.654. The summed E-state index contributed by atoms with van der Waals surface area (Å²) in [6.45, 7) is 3.75. The van der Waals surface area contributed by atoms with Crippen LogP contribution in [0.4, 0.5) is 0 Å². The molecule has 0 unspecified atom stereocenters. The average Bonchev–Trinajstić information content (AvgIpc) is 2.32. The van der Waals surface area contributed by atoms with Crippen molar-refractivity contribution in [2.24, 2.45) is 0 Å². The quantitative estimate of drug-likeness (QED) is 0.767. The normalized spacial score (nSPS) is 25.3. The number of allylic oxidation sites excluding steroid dienone is 1. The highest BCUT2D eigenvalue weighted by Crippen LogP contribution is 2.32. The van der Waals surface area contributed by atoms with Crippen LogP contribution in [-0.4, -0.2) is 11.2 Å². The van der Waals surface area contributed by atoms with E-state index < -0.39 is 0 Å². The molecule has 0 saturated heterocycles. The molecule has 1 aliphatic carbocycles. The van der Waals surface area contributed by atoms with E-state index in [0.717, 1.165) is 32.1 Å². The molecule has 1 saturated carbocycles. The number of hydrogen-bond donors (Lipinski definition) is 1. The van der Waals surface area contributed by atoms with Crippen molar-refractivity contribution in [2.75, 3.05) is 0 Å². The predicted octanol–water partition coefficient (Wildman–Crippen LogP) is 3.43. The van der Waals surface area contributed by atoms with Gasteiger partial charge in [-0.1, -0.05) is 30.3 Å². The van der Waals surface area contributed by atoms with Crippen molar-refractivity contribution < 1.29 is 5.11 Å². The molecular formula is C15H20O. The fourth-order valence-corrected chi connectivity index (χ4v) is 2.50. The van der Waals surface area contributed by atoms with Gasteiger partial charge in [0.1, 0.15) is 0 Å². The van der Waals surface area contributed by atoms with Gasteiger partial charge in [-0.2, -0.15) is 0 Å². The lowest BCUT2D eigenvalue weighted by molar-refractivity contribution is 0.122. The molecule has 0 aliphatic heterocycles. The van der Waals surface area contributed by atoms with Gasteiger partial charge in [-0.25, -0.2) is 0 Å². The van der Waals surface area contributed by atoms with Gasteiger partial charge < -0.3 is 5.11 Å². The first-order valence-electron chi connectivity index (χ1n) is 6.17. The number of benzene rings is 1. The fraction of sp³-hybridized carbons (Fsp3) is 0.467. The Morgan fingerprint density at radius 1 is 1.12 bits per heavy atom. The molecule has 86 valence electrons. The number of hydrogen-bond acceptors (Lipinski definition) is 1. The molecular weight excluding hydrogens is 196 g/mol. The first kappa shape index (κ1) is 11.4. The fourth-order valence-electron chi connectivity index (χ4n) is 2.50. The van der Waals surface area contributed by atoms with Crippen LogP contribution in [0, 0.1) is 0 Å². The van der Waals surface area contributed by atoms with Crippen LogP contribution in [0.25, 0.3) is 0 Å². The van der Waals surface area contributed by atoms with Gasteiger partial charge in [0, 0.05) is 0 Å². The van der Waals surface area contributed by atoms with Crippen molar-refractivity contribution in [3.8, 4) is 0 Å². The number of rotatable bonds is 3. The first-order chi connectivity index (χ1) is 7.79. The minimum Gasteiger partial charge on any atom is -0.393 e. The number of aliphatic hydroxyl groups excluding tert-OH is 1. The van der Waals surface area contributed by atoms with Crippen LogP contribution in [0.3, 0.4) is 0 Å². The summed E-state index contributed by atoms with van der Waals surface area (Å²) in [6, 6.07) is 8.87. The Bertz CT molecular complexity index is 331. The van der Waals surface area contributed by atoms with E-state index in [1.807, 2.05) is 6.08 Å².